The monoisotopic (exact) mass is 251 g/mol. The third-order valence-electron chi connectivity index (χ3n) is 2.61. The number of hydrogen-bond donors (Lipinski definition) is 1. The van der Waals surface area contributed by atoms with Crippen LogP contribution in [0.2, 0.25) is 0 Å². The van der Waals surface area contributed by atoms with Gasteiger partial charge in [-0.25, -0.2) is 9.18 Å². The van der Waals surface area contributed by atoms with Gasteiger partial charge in [0.25, 0.3) is 0 Å². The number of anilines is 1. The molecule has 4 heteroatoms. The van der Waals surface area contributed by atoms with E-state index < -0.39 is 17.3 Å². The Labute approximate surface area is 107 Å². The molecule has 0 aliphatic carbocycles. The summed E-state index contributed by atoms with van der Waals surface area (Å²) in [5.74, 6) is -1.67. The van der Waals surface area contributed by atoms with Gasteiger partial charge in [-0.2, -0.15) is 0 Å². The molecule has 3 nitrogen and oxygen atoms in total. The van der Waals surface area contributed by atoms with Crippen LogP contribution >= 0.6 is 0 Å². The lowest BCUT2D eigenvalue weighted by atomic mass is 10.0. The van der Waals surface area contributed by atoms with Crippen LogP contribution in [0.1, 0.15) is 31.1 Å². The van der Waals surface area contributed by atoms with Gasteiger partial charge in [-0.15, -0.1) is 6.58 Å². The third-order valence-corrected chi connectivity index (χ3v) is 2.61. The molecule has 0 radical (unpaired) electrons. The van der Waals surface area contributed by atoms with Crippen molar-refractivity contribution in [3.8, 4) is 0 Å². The molecule has 0 unspecified atom stereocenters. The van der Waals surface area contributed by atoms with Crippen LogP contribution in [0.4, 0.5) is 10.1 Å². The highest BCUT2D eigenvalue weighted by Crippen LogP contribution is 2.30. The van der Waals surface area contributed by atoms with Crippen LogP contribution in [-0.4, -0.2) is 23.2 Å². The molecule has 0 bridgehead atoms. The van der Waals surface area contributed by atoms with Crippen molar-refractivity contribution in [3.05, 3.63) is 42.2 Å². The van der Waals surface area contributed by atoms with Crippen LogP contribution in [0.5, 0.6) is 0 Å². The minimum absolute atomic E-state index is 0.0354. The summed E-state index contributed by atoms with van der Waals surface area (Å²) in [5, 5.41) is 9.15. The summed E-state index contributed by atoms with van der Waals surface area (Å²) in [6.07, 6.45) is 1.63. The van der Waals surface area contributed by atoms with Crippen molar-refractivity contribution in [1.82, 2.24) is 0 Å². The van der Waals surface area contributed by atoms with E-state index in [1.807, 2.05) is 20.8 Å². The van der Waals surface area contributed by atoms with Gasteiger partial charge in [0, 0.05) is 12.1 Å². The Kier molecular flexibility index (Phi) is 4.11. The Balaban J connectivity index is 3.44. The molecule has 0 saturated heterocycles. The van der Waals surface area contributed by atoms with Crippen molar-refractivity contribution < 1.29 is 14.3 Å². The van der Waals surface area contributed by atoms with E-state index >= 15 is 0 Å². The number of carbonyl (C=O) groups is 1. The van der Waals surface area contributed by atoms with Gasteiger partial charge in [0.1, 0.15) is 5.82 Å². The highest BCUT2D eigenvalue weighted by atomic mass is 19.1. The number of benzene rings is 1. The summed E-state index contributed by atoms with van der Waals surface area (Å²) in [4.78, 5) is 12.9. The number of carboxylic acids is 1. The molecule has 0 aliphatic heterocycles. The largest absolute Gasteiger partial charge is 0.478 e. The molecule has 0 aliphatic rings. The van der Waals surface area contributed by atoms with Crippen molar-refractivity contribution in [2.75, 3.05) is 11.4 Å². The maximum atomic E-state index is 14.0. The topological polar surface area (TPSA) is 40.5 Å². The van der Waals surface area contributed by atoms with Crippen molar-refractivity contribution in [3.63, 3.8) is 0 Å². The first-order valence-electron chi connectivity index (χ1n) is 5.69. The Morgan fingerprint density at radius 2 is 2.11 bits per heavy atom. The lowest BCUT2D eigenvalue weighted by Crippen LogP contribution is -2.43. The highest BCUT2D eigenvalue weighted by molar-refractivity contribution is 5.94. The fourth-order valence-electron chi connectivity index (χ4n) is 1.79. The summed E-state index contributed by atoms with van der Waals surface area (Å²) < 4.78 is 14.0. The van der Waals surface area contributed by atoms with Crippen LogP contribution in [0.3, 0.4) is 0 Å². The molecule has 1 rings (SSSR count). The van der Waals surface area contributed by atoms with E-state index in [9.17, 15) is 9.18 Å². The molecule has 0 fully saturated rings. The molecule has 1 aromatic carbocycles. The van der Waals surface area contributed by atoms with E-state index in [4.69, 9.17) is 5.11 Å². The predicted octanol–water partition coefficient (Wildman–Crippen LogP) is 3.31. The molecule has 18 heavy (non-hydrogen) atoms. The summed E-state index contributed by atoms with van der Waals surface area (Å²) >= 11 is 0. The quantitative estimate of drug-likeness (QED) is 0.834. The van der Waals surface area contributed by atoms with Crippen molar-refractivity contribution in [2.24, 2.45) is 0 Å². The maximum Gasteiger partial charge on any atom is 0.337 e. The number of para-hydroxylation sites is 1. The third kappa shape index (κ3) is 2.88. The zero-order valence-electron chi connectivity index (χ0n) is 10.9. The van der Waals surface area contributed by atoms with Crippen LogP contribution < -0.4 is 4.90 Å². The summed E-state index contributed by atoms with van der Waals surface area (Å²) in [5.41, 5.74) is -0.329. The van der Waals surface area contributed by atoms with E-state index in [1.165, 1.54) is 18.2 Å². The van der Waals surface area contributed by atoms with E-state index in [1.54, 1.807) is 11.0 Å². The van der Waals surface area contributed by atoms with Crippen LogP contribution in [0, 0.1) is 5.82 Å². The molecule has 0 heterocycles. The highest BCUT2D eigenvalue weighted by Gasteiger charge is 2.27. The van der Waals surface area contributed by atoms with Gasteiger partial charge < -0.3 is 10.0 Å². The SMILES string of the molecule is C=CCN(c1c(F)cccc1C(=O)O)C(C)(C)C. The summed E-state index contributed by atoms with van der Waals surface area (Å²) in [6.45, 7) is 9.70. The Hall–Kier alpha value is -1.84. The Bertz CT molecular complexity index is 463. The van der Waals surface area contributed by atoms with Crippen molar-refractivity contribution in [2.45, 2.75) is 26.3 Å². The van der Waals surface area contributed by atoms with Crippen molar-refractivity contribution in [1.29, 1.82) is 0 Å². The van der Waals surface area contributed by atoms with Crippen LogP contribution in [0.25, 0.3) is 0 Å². The number of carboxylic acid groups (broad SMARTS) is 1. The van der Waals surface area contributed by atoms with E-state index in [2.05, 4.69) is 6.58 Å². The lowest BCUT2D eigenvalue weighted by Gasteiger charge is -2.37. The molecule has 1 aromatic rings. The summed E-state index contributed by atoms with van der Waals surface area (Å²) in [7, 11) is 0. The first-order valence-corrected chi connectivity index (χ1v) is 5.69. The van der Waals surface area contributed by atoms with Gasteiger partial charge >= 0.3 is 5.97 Å². The molecular weight excluding hydrogens is 233 g/mol. The van der Waals surface area contributed by atoms with Gasteiger partial charge in [0.2, 0.25) is 0 Å². The molecule has 0 aromatic heterocycles. The molecule has 98 valence electrons. The fourth-order valence-corrected chi connectivity index (χ4v) is 1.79. The standard InChI is InChI=1S/C14H18FNO2/c1-5-9-16(14(2,3)4)12-10(13(17)18)7-6-8-11(12)15/h5-8H,1,9H2,2-4H3,(H,17,18). The predicted molar refractivity (Wildman–Crippen MR) is 70.7 cm³/mol. The van der Waals surface area contributed by atoms with E-state index in [-0.39, 0.29) is 11.3 Å². The van der Waals surface area contributed by atoms with Crippen molar-refractivity contribution >= 4 is 11.7 Å². The Morgan fingerprint density at radius 3 is 2.56 bits per heavy atom. The minimum atomic E-state index is -1.14. The smallest absolute Gasteiger partial charge is 0.337 e. The maximum absolute atomic E-state index is 14.0. The number of rotatable bonds is 4. The zero-order valence-corrected chi connectivity index (χ0v) is 10.9. The first kappa shape index (κ1) is 14.2. The number of hydrogen-bond acceptors (Lipinski definition) is 2. The fraction of sp³-hybridized carbons (Fsp3) is 0.357. The second-order valence-electron chi connectivity index (χ2n) is 5.01. The number of nitrogens with zero attached hydrogens (tertiary/aromatic N) is 1. The molecule has 0 amide bonds. The van der Waals surface area contributed by atoms with Crippen LogP contribution in [0.15, 0.2) is 30.9 Å². The van der Waals surface area contributed by atoms with Crippen LogP contribution in [-0.2, 0) is 0 Å². The molecule has 0 spiro atoms. The average Bonchev–Trinajstić information content (AvgIpc) is 2.24. The summed E-state index contributed by atoms with van der Waals surface area (Å²) in [6, 6.07) is 4.07. The zero-order chi connectivity index (χ0) is 13.9. The Morgan fingerprint density at radius 1 is 1.50 bits per heavy atom. The van der Waals surface area contributed by atoms with Gasteiger partial charge in [0.05, 0.1) is 11.3 Å². The normalized spacial score (nSPS) is 11.1. The average molecular weight is 251 g/mol. The number of aromatic carboxylic acids is 1. The van der Waals surface area contributed by atoms with Gasteiger partial charge in [-0.3, -0.25) is 0 Å². The molecule has 0 atom stereocenters. The molecule has 0 saturated carbocycles. The molecule has 1 N–H and O–H groups in total. The first-order chi connectivity index (χ1) is 8.29. The van der Waals surface area contributed by atoms with Gasteiger partial charge in [-0.05, 0) is 32.9 Å². The van der Waals surface area contributed by atoms with E-state index in [0.717, 1.165) is 0 Å². The van der Waals surface area contributed by atoms with Gasteiger partial charge in [-0.1, -0.05) is 12.1 Å². The van der Waals surface area contributed by atoms with Gasteiger partial charge in [0.15, 0.2) is 0 Å². The lowest BCUT2D eigenvalue weighted by molar-refractivity contribution is 0.0697. The minimum Gasteiger partial charge on any atom is -0.478 e. The second-order valence-corrected chi connectivity index (χ2v) is 5.01. The molecular formula is C14H18FNO2. The number of halogens is 1. The van der Waals surface area contributed by atoms with E-state index in [0.29, 0.717) is 6.54 Å². The second kappa shape index (κ2) is 5.21.